The molecule has 0 aliphatic carbocycles. The van der Waals surface area contributed by atoms with E-state index in [4.69, 9.17) is 0 Å². The fourth-order valence-corrected chi connectivity index (χ4v) is 1.94. The number of nitrogens with zero attached hydrogens (tertiary/aromatic N) is 3. The van der Waals surface area contributed by atoms with Crippen LogP contribution in [0.5, 0.6) is 0 Å². The van der Waals surface area contributed by atoms with Crippen LogP contribution in [-0.4, -0.2) is 29.0 Å². The van der Waals surface area contributed by atoms with E-state index < -0.39 is 10.0 Å². The van der Waals surface area contributed by atoms with Crippen LogP contribution in [0.2, 0.25) is 0 Å². The molecule has 0 amide bonds. The number of hydrogen-bond acceptors (Lipinski definition) is 5. The third-order valence-corrected chi connectivity index (χ3v) is 2.97. The van der Waals surface area contributed by atoms with Crippen molar-refractivity contribution in [3.8, 4) is 0 Å². The van der Waals surface area contributed by atoms with E-state index in [2.05, 4.69) is 25.3 Å². The molecule has 0 saturated heterocycles. The van der Waals surface area contributed by atoms with Gasteiger partial charge in [-0.3, -0.25) is 0 Å². The van der Waals surface area contributed by atoms with E-state index in [9.17, 15) is 8.42 Å². The Hall–Kier alpha value is -1.67. The summed E-state index contributed by atoms with van der Waals surface area (Å²) in [6.07, 6.45) is 0. The number of nitrogens with one attached hydrogen (secondary N) is 2. The third-order valence-electron chi connectivity index (χ3n) is 1.62. The molecule has 9 heteroatoms. The summed E-state index contributed by atoms with van der Waals surface area (Å²) < 4.78 is 25.5. The normalized spacial score (nSPS) is 10.5. The maximum Gasteiger partial charge on any atom is 0.276 e. The second kappa shape index (κ2) is 4.90. The molecule has 2 rings (SSSR count). The van der Waals surface area contributed by atoms with Crippen LogP contribution in [0.4, 0.5) is 5.95 Å². The fourth-order valence-electron chi connectivity index (χ4n) is 0.984. The number of aromatic amines is 1. The SMILES string of the molecule is Cl.O=S(=O)(Nc1nn[nH]n1)c1ccccc1. The molecule has 1 aromatic heterocycles. The molecular formula is C7H8ClN5O2S. The van der Waals surface area contributed by atoms with Crippen molar-refractivity contribution in [1.29, 1.82) is 0 Å². The monoisotopic (exact) mass is 261 g/mol. The van der Waals surface area contributed by atoms with Gasteiger partial charge in [0.25, 0.3) is 16.0 Å². The molecule has 0 unspecified atom stereocenters. The molecule has 0 atom stereocenters. The Labute approximate surface area is 97.7 Å². The van der Waals surface area contributed by atoms with Crippen LogP contribution in [-0.2, 0) is 10.0 Å². The van der Waals surface area contributed by atoms with E-state index in [0.717, 1.165) is 0 Å². The second-order valence-corrected chi connectivity index (χ2v) is 4.34. The quantitative estimate of drug-likeness (QED) is 0.834. The van der Waals surface area contributed by atoms with E-state index >= 15 is 0 Å². The Bertz CT molecular complexity index is 527. The van der Waals surface area contributed by atoms with Gasteiger partial charge in [0.05, 0.1) is 4.90 Å². The molecule has 7 nitrogen and oxygen atoms in total. The molecule has 0 aliphatic heterocycles. The highest BCUT2D eigenvalue weighted by atomic mass is 35.5. The van der Waals surface area contributed by atoms with Crippen molar-refractivity contribution >= 4 is 28.4 Å². The minimum absolute atomic E-state index is 0. The Morgan fingerprint density at radius 1 is 1.19 bits per heavy atom. The first-order chi connectivity index (χ1) is 7.18. The highest BCUT2D eigenvalue weighted by Crippen LogP contribution is 2.10. The van der Waals surface area contributed by atoms with Crippen molar-refractivity contribution in [2.75, 3.05) is 4.72 Å². The first-order valence-electron chi connectivity index (χ1n) is 4.00. The van der Waals surface area contributed by atoms with Gasteiger partial charge in [0.1, 0.15) is 0 Å². The standard InChI is InChI=1S/C7H7N5O2S.ClH/c13-15(14,6-4-2-1-3-5-6)10-7-8-11-12-9-7;/h1-5H,(H2,8,9,10,11,12);1H. The zero-order chi connectivity index (χ0) is 10.7. The van der Waals surface area contributed by atoms with Crippen molar-refractivity contribution in [2.45, 2.75) is 4.90 Å². The summed E-state index contributed by atoms with van der Waals surface area (Å²) in [5.41, 5.74) is 0. The number of hydrogen-bond donors (Lipinski definition) is 2. The molecule has 0 fully saturated rings. The first kappa shape index (κ1) is 12.4. The molecule has 0 saturated carbocycles. The Balaban J connectivity index is 0.00000128. The second-order valence-electron chi connectivity index (χ2n) is 2.65. The number of H-pyrrole nitrogens is 1. The van der Waals surface area contributed by atoms with Gasteiger partial charge >= 0.3 is 0 Å². The lowest BCUT2D eigenvalue weighted by Gasteiger charge is -2.02. The number of sulfonamides is 1. The first-order valence-corrected chi connectivity index (χ1v) is 5.48. The van der Waals surface area contributed by atoms with Gasteiger partial charge in [-0.1, -0.05) is 23.3 Å². The minimum Gasteiger partial charge on any atom is -0.245 e. The summed E-state index contributed by atoms with van der Waals surface area (Å²) in [4.78, 5) is 0.148. The van der Waals surface area contributed by atoms with Gasteiger partial charge in [-0.2, -0.15) is 5.21 Å². The molecule has 86 valence electrons. The van der Waals surface area contributed by atoms with Gasteiger partial charge in [-0.15, -0.1) is 17.5 Å². The van der Waals surface area contributed by atoms with Gasteiger partial charge < -0.3 is 0 Å². The van der Waals surface area contributed by atoms with E-state index in [0.29, 0.717) is 0 Å². The van der Waals surface area contributed by atoms with Gasteiger partial charge in [0.15, 0.2) is 0 Å². The average Bonchev–Trinajstić information content (AvgIpc) is 2.71. The van der Waals surface area contributed by atoms with Crippen LogP contribution in [0.3, 0.4) is 0 Å². The predicted molar refractivity (Wildman–Crippen MR) is 58.7 cm³/mol. The van der Waals surface area contributed by atoms with Crippen molar-refractivity contribution in [3.05, 3.63) is 30.3 Å². The Kier molecular flexibility index (Phi) is 3.80. The van der Waals surface area contributed by atoms with E-state index in [1.165, 1.54) is 12.1 Å². The number of anilines is 1. The summed E-state index contributed by atoms with van der Waals surface area (Å²) >= 11 is 0. The topological polar surface area (TPSA) is 101 Å². The molecule has 0 radical (unpaired) electrons. The minimum atomic E-state index is -3.62. The molecule has 0 spiro atoms. The number of halogens is 1. The van der Waals surface area contributed by atoms with Crippen LogP contribution >= 0.6 is 12.4 Å². The van der Waals surface area contributed by atoms with E-state index in [1.807, 2.05) is 0 Å². The highest BCUT2D eigenvalue weighted by molar-refractivity contribution is 7.92. The molecule has 1 heterocycles. The lowest BCUT2D eigenvalue weighted by atomic mass is 10.4. The van der Waals surface area contributed by atoms with E-state index in [1.54, 1.807) is 18.2 Å². The van der Waals surface area contributed by atoms with Gasteiger partial charge in [-0.05, 0) is 17.3 Å². The molecule has 16 heavy (non-hydrogen) atoms. The summed E-state index contributed by atoms with van der Waals surface area (Å²) in [5.74, 6) is -0.0844. The lowest BCUT2D eigenvalue weighted by molar-refractivity contribution is 0.601. The van der Waals surface area contributed by atoms with Crippen LogP contribution < -0.4 is 4.72 Å². The zero-order valence-electron chi connectivity index (χ0n) is 7.86. The highest BCUT2D eigenvalue weighted by Gasteiger charge is 2.15. The summed E-state index contributed by atoms with van der Waals surface area (Å²) in [6.45, 7) is 0. The maximum atomic E-state index is 11.7. The lowest BCUT2D eigenvalue weighted by Crippen LogP contribution is -2.13. The summed E-state index contributed by atoms with van der Waals surface area (Å²) in [5, 5.41) is 12.4. The van der Waals surface area contributed by atoms with Gasteiger partial charge in [-0.25, -0.2) is 13.1 Å². The molecule has 0 bridgehead atoms. The molecular weight excluding hydrogens is 254 g/mol. The summed E-state index contributed by atoms with van der Waals surface area (Å²) in [6, 6.07) is 7.94. The smallest absolute Gasteiger partial charge is 0.245 e. The summed E-state index contributed by atoms with van der Waals surface area (Å²) in [7, 11) is -3.62. The maximum absolute atomic E-state index is 11.7. The van der Waals surface area contributed by atoms with Crippen LogP contribution in [0, 0.1) is 0 Å². The third kappa shape index (κ3) is 2.67. The fraction of sp³-hybridized carbons (Fsp3) is 0. The van der Waals surface area contributed by atoms with Gasteiger partial charge in [0.2, 0.25) is 0 Å². The molecule has 1 aromatic carbocycles. The largest absolute Gasteiger partial charge is 0.276 e. The van der Waals surface area contributed by atoms with Crippen molar-refractivity contribution in [2.24, 2.45) is 0 Å². The van der Waals surface area contributed by atoms with Crippen LogP contribution in [0.1, 0.15) is 0 Å². The molecule has 2 aromatic rings. The van der Waals surface area contributed by atoms with Crippen LogP contribution in [0.15, 0.2) is 35.2 Å². The zero-order valence-corrected chi connectivity index (χ0v) is 9.49. The van der Waals surface area contributed by atoms with Gasteiger partial charge in [0, 0.05) is 0 Å². The number of aromatic nitrogens is 4. The number of benzene rings is 1. The Morgan fingerprint density at radius 2 is 1.88 bits per heavy atom. The Morgan fingerprint density at radius 3 is 2.44 bits per heavy atom. The van der Waals surface area contributed by atoms with Crippen molar-refractivity contribution < 1.29 is 8.42 Å². The number of tetrazole rings is 1. The average molecular weight is 262 g/mol. The van der Waals surface area contributed by atoms with Crippen LogP contribution in [0.25, 0.3) is 0 Å². The van der Waals surface area contributed by atoms with E-state index in [-0.39, 0.29) is 23.3 Å². The predicted octanol–water partition coefficient (Wildman–Crippen LogP) is 0.422. The molecule has 2 N–H and O–H groups in total. The van der Waals surface area contributed by atoms with Crippen molar-refractivity contribution in [3.63, 3.8) is 0 Å². The number of rotatable bonds is 3. The molecule has 0 aliphatic rings. The van der Waals surface area contributed by atoms with Crippen molar-refractivity contribution in [1.82, 2.24) is 20.6 Å².